The molecule has 0 atom stereocenters. The van der Waals surface area contributed by atoms with Crippen molar-refractivity contribution in [3.05, 3.63) is 66.2 Å². The molecular formula is C14H13NO. The predicted molar refractivity (Wildman–Crippen MR) is 65.7 cm³/mol. The maximum Gasteiger partial charge on any atom is 0.157 e. The lowest BCUT2D eigenvalue weighted by Crippen LogP contribution is -1.97. The zero-order valence-electron chi connectivity index (χ0n) is 9.13. The first-order valence-electron chi connectivity index (χ1n) is 5.18. The van der Waals surface area contributed by atoms with Crippen LogP contribution in [0.5, 0.6) is 5.75 Å². The molecule has 2 rings (SSSR count). The molecule has 0 N–H and O–H groups in total. The van der Waals surface area contributed by atoms with Crippen molar-refractivity contribution in [2.75, 3.05) is 0 Å². The number of para-hydroxylation sites is 1. The molecule has 0 heterocycles. The Bertz CT molecular complexity index is 463. The second-order valence-corrected chi connectivity index (χ2v) is 3.45. The Kier molecular flexibility index (Phi) is 3.34. The van der Waals surface area contributed by atoms with Crippen LogP contribution in [0.4, 0.5) is 0 Å². The van der Waals surface area contributed by atoms with E-state index < -0.39 is 0 Å². The lowest BCUT2D eigenvalue weighted by molar-refractivity contribution is 0.341. The maximum absolute atomic E-state index is 5.31. The Morgan fingerprint density at radius 2 is 1.44 bits per heavy atom. The van der Waals surface area contributed by atoms with Crippen LogP contribution in [-0.2, 0) is 0 Å². The lowest BCUT2D eigenvalue weighted by Gasteiger charge is -2.01. The highest BCUT2D eigenvalue weighted by Gasteiger charge is 1.96. The number of rotatable bonds is 3. The van der Waals surface area contributed by atoms with E-state index >= 15 is 0 Å². The smallest absolute Gasteiger partial charge is 0.157 e. The minimum Gasteiger partial charge on any atom is -0.357 e. The first kappa shape index (κ1) is 10.4. The van der Waals surface area contributed by atoms with Gasteiger partial charge in [-0.2, -0.15) is 0 Å². The third kappa shape index (κ3) is 2.70. The third-order valence-corrected chi connectivity index (χ3v) is 2.22. The molecule has 0 bridgehead atoms. The number of benzene rings is 2. The van der Waals surface area contributed by atoms with E-state index in [4.69, 9.17) is 4.84 Å². The summed E-state index contributed by atoms with van der Waals surface area (Å²) in [6.07, 6.45) is 0. The van der Waals surface area contributed by atoms with Gasteiger partial charge in [0.2, 0.25) is 0 Å². The van der Waals surface area contributed by atoms with E-state index in [2.05, 4.69) is 5.16 Å². The molecule has 0 spiro atoms. The van der Waals surface area contributed by atoms with Crippen molar-refractivity contribution in [1.29, 1.82) is 0 Å². The number of hydrogen-bond acceptors (Lipinski definition) is 2. The Labute approximate surface area is 95.2 Å². The average Bonchev–Trinajstić information content (AvgIpc) is 2.38. The van der Waals surface area contributed by atoms with E-state index in [-0.39, 0.29) is 0 Å². The van der Waals surface area contributed by atoms with Gasteiger partial charge in [-0.05, 0) is 24.6 Å². The van der Waals surface area contributed by atoms with Crippen LogP contribution >= 0.6 is 0 Å². The molecular weight excluding hydrogens is 198 g/mol. The Morgan fingerprint density at radius 1 is 0.875 bits per heavy atom. The van der Waals surface area contributed by atoms with Gasteiger partial charge in [-0.3, -0.25) is 0 Å². The second-order valence-electron chi connectivity index (χ2n) is 3.45. The molecule has 0 aliphatic rings. The fourth-order valence-electron chi connectivity index (χ4n) is 1.33. The Hall–Kier alpha value is -2.09. The van der Waals surface area contributed by atoms with Gasteiger partial charge in [0.15, 0.2) is 5.75 Å². The van der Waals surface area contributed by atoms with Gasteiger partial charge in [-0.1, -0.05) is 53.7 Å². The SMILES string of the molecule is C/C(=N\Oc1ccccc1)c1ccccc1. The summed E-state index contributed by atoms with van der Waals surface area (Å²) in [4.78, 5) is 5.31. The number of hydrogen-bond donors (Lipinski definition) is 0. The Balaban J connectivity index is 2.09. The van der Waals surface area contributed by atoms with E-state index in [1.54, 1.807) is 0 Å². The standard InChI is InChI=1S/C14H13NO/c1-12(13-8-4-2-5-9-13)15-16-14-10-6-3-7-11-14/h2-11H,1H3/b15-12+. The first-order chi connectivity index (χ1) is 7.86. The van der Waals surface area contributed by atoms with Gasteiger partial charge in [-0.25, -0.2) is 0 Å². The first-order valence-corrected chi connectivity index (χ1v) is 5.18. The monoisotopic (exact) mass is 211 g/mol. The Morgan fingerprint density at radius 3 is 2.06 bits per heavy atom. The highest BCUT2D eigenvalue weighted by atomic mass is 16.6. The van der Waals surface area contributed by atoms with Gasteiger partial charge in [0.1, 0.15) is 0 Å². The van der Waals surface area contributed by atoms with Crippen LogP contribution < -0.4 is 4.84 Å². The average molecular weight is 211 g/mol. The van der Waals surface area contributed by atoms with E-state index in [1.807, 2.05) is 67.6 Å². The van der Waals surface area contributed by atoms with Crippen molar-refractivity contribution in [3.8, 4) is 5.75 Å². The van der Waals surface area contributed by atoms with Crippen molar-refractivity contribution in [1.82, 2.24) is 0 Å². The van der Waals surface area contributed by atoms with Gasteiger partial charge in [0.05, 0.1) is 5.71 Å². The summed E-state index contributed by atoms with van der Waals surface area (Å²) in [6, 6.07) is 19.5. The summed E-state index contributed by atoms with van der Waals surface area (Å²) < 4.78 is 0. The summed E-state index contributed by atoms with van der Waals surface area (Å²) in [5, 5.41) is 4.08. The van der Waals surface area contributed by atoms with E-state index in [1.165, 1.54) is 0 Å². The maximum atomic E-state index is 5.31. The minimum absolute atomic E-state index is 0.748. The summed E-state index contributed by atoms with van der Waals surface area (Å²) in [5.41, 5.74) is 1.93. The topological polar surface area (TPSA) is 21.6 Å². The second kappa shape index (κ2) is 5.12. The summed E-state index contributed by atoms with van der Waals surface area (Å²) in [7, 11) is 0. The zero-order chi connectivity index (χ0) is 11.2. The molecule has 0 unspecified atom stereocenters. The molecule has 2 aromatic rings. The van der Waals surface area contributed by atoms with E-state index in [9.17, 15) is 0 Å². The molecule has 0 aliphatic carbocycles. The van der Waals surface area contributed by atoms with Crippen molar-refractivity contribution >= 4 is 5.71 Å². The molecule has 0 amide bonds. The van der Waals surface area contributed by atoms with Crippen molar-refractivity contribution in [2.24, 2.45) is 5.16 Å². The van der Waals surface area contributed by atoms with Crippen LogP contribution in [0, 0.1) is 0 Å². The molecule has 0 saturated carbocycles. The quantitative estimate of drug-likeness (QED) is 0.562. The van der Waals surface area contributed by atoms with Crippen LogP contribution in [0.3, 0.4) is 0 Å². The van der Waals surface area contributed by atoms with Gasteiger partial charge >= 0.3 is 0 Å². The molecule has 0 aromatic heterocycles. The lowest BCUT2D eigenvalue weighted by atomic mass is 10.1. The molecule has 0 fully saturated rings. The van der Waals surface area contributed by atoms with Crippen LogP contribution in [0.25, 0.3) is 0 Å². The van der Waals surface area contributed by atoms with Crippen LogP contribution in [-0.4, -0.2) is 5.71 Å². The van der Waals surface area contributed by atoms with Crippen LogP contribution in [0.2, 0.25) is 0 Å². The molecule has 0 radical (unpaired) electrons. The van der Waals surface area contributed by atoms with E-state index in [0.717, 1.165) is 17.0 Å². The van der Waals surface area contributed by atoms with Crippen LogP contribution in [0.1, 0.15) is 12.5 Å². The zero-order valence-corrected chi connectivity index (χ0v) is 9.13. The van der Waals surface area contributed by atoms with Crippen molar-refractivity contribution in [2.45, 2.75) is 6.92 Å². The largest absolute Gasteiger partial charge is 0.357 e. The summed E-state index contributed by atoms with van der Waals surface area (Å²) in [6.45, 7) is 1.93. The summed E-state index contributed by atoms with van der Waals surface area (Å²) >= 11 is 0. The molecule has 16 heavy (non-hydrogen) atoms. The molecule has 0 aliphatic heterocycles. The summed E-state index contributed by atoms with van der Waals surface area (Å²) in [5.74, 6) is 0.748. The number of oxime groups is 1. The van der Waals surface area contributed by atoms with Gasteiger partial charge in [0, 0.05) is 0 Å². The molecule has 2 aromatic carbocycles. The molecule has 2 nitrogen and oxygen atoms in total. The van der Waals surface area contributed by atoms with Crippen LogP contribution in [0.15, 0.2) is 65.8 Å². The number of nitrogens with zero attached hydrogens (tertiary/aromatic N) is 1. The highest BCUT2D eigenvalue weighted by molar-refractivity contribution is 5.98. The van der Waals surface area contributed by atoms with Crippen molar-refractivity contribution in [3.63, 3.8) is 0 Å². The fourth-order valence-corrected chi connectivity index (χ4v) is 1.33. The normalized spacial score (nSPS) is 11.2. The van der Waals surface area contributed by atoms with Gasteiger partial charge in [-0.15, -0.1) is 0 Å². The van der Waals surface area contributed by atoms with Gasteiger partial charge in [0.25, 0.3) is 0 Å². The van der Waals surface area contributed by atoms with E-state index in [0.29, 0.717) is 0 Å². The third-order valence-electron chi connectivity index (χ3n) is 2.22. The minimum atomic E-state index is 0.748. The van der Waals surface area contributed by atoms with Crippen molar-refractivity contribution < 1.29 is 4.84 Å². The molecule has 2 heteroatoms. The fraction of sp³-hybridized carbons (Fsp3) is 0.0714. The molecule has 0 saturated heterocycles. The molecule has 80 valence electrons. The predicted octanol–water partition coefficient (Wildman–Crippen LogP) is 3.49. The highest BCUT2D eigenvalue weighted by Crippen LogP contribution is 2.09. The van der Waals surface area contributed by atoms with Gasteiger partial charge < -0.3 is 4.84 Å².